The minimum absolute atomic E-state index is 0.467. The van der Waals surface area contributed by atoms with Gasteiger partial charge in [0.1, 0.15) is 0 Å². The van der Waals surface area contributed by atoms with Crippen molar-refractivity contribution in [3.05, 3.63) is 74.3 Å². The van der Waals surface area contributed by atoms with E-state index >= 15 is 0 Å². The van der Waals surface area contributed by atoms with Gasteiger partial charge in [0.05, 0.1) is 11.0 Å². The van der Waals surface area contributed by atoms with Crippen molar-refractivity contribution in [3.8, 4) is 0 Å². The lowest BCUT2D eigenvalue weighted by atomic mass is 10.2. The summed E-state index contributed by atoms with van der Waals surface area (Å²) in [7, 11) is 0. The van der Waals surface area contributed by atoms with Gasteiger partial charge in [-0.1, -0.05) is 47.5 Å². The summed E-state index contributed by atoms with van der Waals surface area (Å²) >= 11 is 21.1. The van der Waals surface area contributed by atoms with E-state index in [9.17, 15) is 0 Å². The molecule has 3 aromatic rings. The van der Waals surface area contributed by atoms with Crippen molar-refractivity contribution in [2.75, 3.05) is 10.6 Å². The average Bonchev–Trinajstić information content (AvgIpc) is 2.92. The van der Waals surface area contributed by atoms with E-state index in [1.54, 1.807) is 10.7 Å². The molecule has 0 spiro atoms. The minimum Gasteiger partial charge on any atom is -0.332 e. The van der Waals surface area contributed by atoms with Crippen molar-refractivity contribution in [3.63, 3.8) is 0 Å². The lowest BCUT2D eigenvalue weighted by Crippen LogP contribution is -2.20. The number of nitrogens with one attached hydrogen (secondary N) is 2. The van der Waals surface area contributed by atoms with Gasteiger partial charge in [0.2, 0.25) is 0 Å². The normalized spacial score (nSPS) is 10.6. The molecular formula is C18H15BrCl2N4S. The first-order valence-electron chi connectivity index (χ1n) is 7.73. The maximum Gasteiger partial charge on any atom is 0.176 e. The molecule has 1 aromatic heterocycles. The van der Waals surface area contributed by atoms with Crippen LogP contribution in [0.3, 0.4) is 0 Å². The zero-order valence-corrected chi connectivity index (χ0v) is 17.7. The number of anilines is 2. The van der Waals surface area contributed by atoms with Crippen LogP contribution < -0.4 is 10.6 Å². The van der Waals surface area contributed by atoms with Crippen LogP contribution in [0.5, 0.6) is 0 Å². The maximum absolute atomic E-state index is 6.23. The lowest BCUT2D eigenvalue weighted by Gasteiger charge is -2.11. The van der Waals surface area contributed by atoms with Gasteiger partial charge in [0, 0.05) is 21.9 Å². The fourth-order valence-electron chi connectivity index (χ4n) is 2.36. The van der Waals surface area contributed by atoms with Gasteiger partial charge >= 0.3 is 0 Å². The number of para-hydroxylation sites is 1. The van der Waals surface area contributed by atoms with Gasteiger partial charge in [-0.05, 0) is 64.4 Å². The van der Waals surface area contributed by atoms with Crippen LogP contribution in [-0.4, -0.2) is 14.9 Å². The molecule has 0 aliphatic heterocycles. The Labute approximate surface area is 175 Å². The summed E-state index contributed by atoms with van der Waals surface area (Å²) in [5.41, 5.74) is 2.99. The van der Waals surface area contributed by atoms with Crippen LogP contribution >= 0.6 is 51.3 Å². The van der Waals surface area contributed by atoms with E-state index in [2.05, 4.69) is 31.7 Å². The van der Waals surface area contributed by atoms with Crippen LogP contribution in [-0.2, 0) is 6.54 Å². The number of nitrogens with zero attached hydrogens (tertiary/aromatic N) is 2. The number of thiocarbonyl (C=S) groups is 1. The van der Waals surface area contributed by atoms with Gasteiger partial charge in [-0.2, -0.15) is 5.10 Å². The van der Waals surface area contributed by atoms with Crippen LogP contribution in [0, 0.1) is 6.92 Å². The van der Waals surface area contributed by atoms with E-state index in [1.807, 2.05) is 49.5 Å². The summed E-state index contributed by atoms with van der Waals surface area (Å²) in [4.78, 5) is 0. The lowest BCUT2D eigenvalue weighted by molar-refractivity contribution is 0.690. The molecule has 0 amide bonds. The Morgan fingerprint density at radius 3 is 2.69 bits per heavy atom. The highest BCUT2D eigenvalue weighted by molar-refractivity contribution is 9.10. The molecule has 0 saturated carbocycles. The van der Waals surface area contributed by atoms with E-state index in [-0.39, 0.29) is 0 Å². The first-order valence-corrected chi connectivity index (χ1v) is 9.68. The molecule has 0 radical (unpaired) electrons. The second-order valence-electron chi connectivity index (χ2n) is 5.65. The van der Waals surface area contributed by atoms with E-state index in [1.165, 1.54) is 0 Å². The molecule has 2 N–H and O–H groups in total. The van der Waals surface area contributed by atoms with E-state index in [4.69, 9.17) is 35.4 Å². The standard InChI is InChI=1S/C18H15BrCl2N4S/c1-11-4-2-3-5-16(11)22-18(26)23-17-14(19)10-25(24-17)9-12-6-7-13(20)8-15(12)21/h2-8,10H,9H2,1H3,(H2,22,23,24,26). The van der Waals surface area contributed by atoms with Gasteiger partial charge in [-0.15, -0.1) is 0 Å². The molecule has 1 heterocycles. The van der Waals surface area contributed by atoms with Crippen molar-refractivity contribution in [2.24, 2.45) is 0 Å². The fourth-order valence-corrected chi connectivity index (χ4v) is 3.45. The van der Waals surface area contributed by atoms with E-state index in [0.717, 1.165) is 21.3 Å². The number of rotatable bonds is 4. The summed E-state index contributed by atoms with van der Waals surface area (Å²) in [5.74, 6) is 0.626. The Bertz CT molecular complexity index is 958. The third-order valence-corrected chi connectivity index (χ3v) is 5.06. The van der Waals surface area contributed by atoms with Gasteiger partial charge in [0.15, 0.2) is 10.9 Å². The van der Waals surface area contributed by atoms with Crippen molar-refractivity contribution in [1.82, 2.24) is 9.78 Å². The Morgan fingerprint density at radius 1 is 1.19 bits per heavy atom. The predicted octanol–water partition coefficient (Wildman–Crippen LogP) is 6.12. The Hall–Kier alpha value is -1.60. The van der Waals surface area contributed by atoms with Crippen LogP contribution in [0.4, 0.5) is 11.5 Å². The van der Waals surface area contributed by atoms with E-state index < -0.39 is 0 Å². The third-order valence-electron chi connectivity index (χ3n) is 3.69. The molecule has 134 valence electrons. The smallest absolute Gasteiger partial charge is 0.176 e. The molecule has 3 rings (SSSR count). The van der Waals surface area contributed by atoms with Crippen LogP contribution in [0.1, 0.15) is 11.1 Å². The van der Waals surface area contributed by atoms with Crippen LogP contribution in [0.15, 0.2) is 53.1 Å². The fraction of sp³-hybridized carbons (Fsp3) is 0.111. The average molecular weight is 470 g/mol. The number of benzene rings is 2. The quantitative estimate of drug-likeness (QED) is 0.451. The molecule has 4 nitrogen and oxygen atoms in total. The van der Waals surface area contributed by atoms with Gasteiger partial charge in [0.25, 0.3) is 0 Å². The summed E-state index contributed by atoms with van der Waals surface area (Å²) in [6.07, 6.45) is 1.86. The molecule has 0 atom stereocenters. The second-order valence-corrected chi connectivity index (χ2v) is 7.76. The molecule has 8 heteroatoms. The number of halogens is 3. The zero-order chi connectivity index (χ0) is 18.7. The second kappa shape index (κ2) is 8.39. The molecule has 0 aliphatic rings. The molecular weight excluding hydrogens is 455 g/mol. The minimum atomic E-state index is 0.467. The van der Waals surface area contributed by atoms with E-state index in [0.29, 0.717) is 27.5 Å². The number of aryl methyl sites for hydroxylation is 1. The van der Waals surface area contributed by atoms with Gasteiger partial charge < -0.3 is 10.6 Å². The SMILES string of the molecule is Cc1ccccc1NC(=S)Nc1nn(Cc2ccc(Cl)cc2Cl)cc1Br. The van der Waals surface area contributed by atoms with Crippen molar-refractivity contribution in [2.45, 2.75) is 13.5 Å². The monoisotopic (exact) mass is 468 g/mol. The number of aromatic nitrogens is 2. The number of hydrogen-bond donors (Lipinski definition) is 2. The number of hydrogen-bond acceptors (Lipinski definition) is 2. The summed E-state index contributed by atoms with van der Waals surface area (Å²) < 4.78 is 2.58. The molecule has 0 bridgehead atoms. The third kappa shape index (κ3) is 4.76. The molecule has 0 saturated heterocycles. The van der Waals surface area contributed by atoms with Crippen LogP contribution in [0.25, 0.3) is 0 Å². The molecule has 0 unspecified atom stereocenters. The highest BCUT2D eigenvalue weighted by Crippen LogP contribution is 2.25. The maximum atomic E-state index is 6.23. The van der Waals surface area contributed by atoms with Crippen molar-refractivity contribution in [1.29, 1.82) is 0 Å². The Balaban J connectivity index is 1.70. The molecule has 2 aromatic carbocycles. The summed E-state index contributed by atoms with van der Waals surface area (Å²) in [5, 5.41) is 12.5. The largest absolute Gasteiger partial charge is 0.332 e. The van der Waals surface area contributed by atoms with Crippen molar-refractivity contribution < 1.29 is 0 Å². The first kappa shape index (κ1) is 19.2. The predicted molar refractivity (Wildman–Crippen MR) is 117 cm³/mol. The topological polar surface area (TPSA) is 41.9 Å². The first-order chi connectivity index (χ1) is 12.4. The molecule has 26 heavy (non-hydrogen) atoms. The highest BCUT2D eigenvalue weighted by Gasteiger charge is 2.10. The summed E-state index contributed by atoms with van der Waals surface area (Å²) in [6.45, 7) is 2.54. The molecule has 0 fully saturated rings. The Morgan fingerprint density at radius 2 is 1.96 bits per heavy atom. The highest BCUT2D eigenvalue weighted by atomic mass is 79.9. The summed E-state index contributed by atoms with van der Waals surface area (Å²) in [6, 6.07) is 13.3. The Kier molecular flexibility index (Phi) is 6.19. The van der Waals surface area contributed by atoms with Crippen LogP contribution in [0.2, 0.25) is 10.0 Å². The van der Waals surface area contributed by atoms with Gasteiger partial charge in [-0.25, -0.2) is 0 Å². The van der Waals surface area contributed by atoms with Crippen molar-refractivity contribution >= 4 is 68.0 Å². The zero-order valence-electron chi connectivity index (χ0n) is 13.8. The van der Waals surface area contributed by atoms with Gasteiger partial charge in [-0.3, -0.25) is 4.68 Å². The molecule has 0 aliphatic carbocycles.